The van der Waals surface area contributed by atoms with E-state index >= 15 is 0 Å². The van der Waals surface area contributed by atoms with E-state index in [9.17, 15) is 4.39 Å². The Labute approximate surface area is 97.5 Å². The highest BCUT2D eigenvalue weighted by Gasteiger charge is 2.15. The van der Waals surface area contributed by atoms with Crippen LogP contribution in [-0.4, -0.2) is 31.6 Å². The van der Waals surface area contributed by atoms with E-state index < -0.39 is 0 Å². The van der Waals surface area contributed by atoms with Crippen LogP contribution in [0.4, 0.5) is 4.39 Å². The highest BCUT2D eigenvalue weighted by molar-refractivity contribution is 5.21. The van der Waals surface area contributed by atoms with E-state index in [0.717, 1.165) is 25.2 Å². The second kappa shape index (κ2) is 6.61. The molecule has 1 aromatic rings. The molecule has 0 aromatic heterocycles. The summed E-state index contributed by atoms with van der Waals surface area (Å²) in [6.45, 7) is 6.78. The molecule has 0 aliphatic carbocycles. The maximum atomic E-state index is 13.7. The number of likely N-dealkylation sites (N-methyl/N-ethyl adjacent to an activating group) is 2. The zero-order chi connectivity index (χ0) is 12.0. The van der Waals surface area contributed by atoms with Crippen molar-refractivity contribution >= 4 is 0 Å². The molecular formula is C13H21FN2. The van der Waals surface area contributed by atoms with Crippen LogP contribution in [0.1, 0.15) is 25.5 Å². The van der Waals surface area contributed by atoms with Gasteiger partial charge in [-0.3, -0.25) is 0 Å². The fourth-order valence-corrected chi connectivity index (χ4v) is 1.72. The maximum absolute atomic E-state index is 13.7. The minimum atomic E-state index is -0.127. The van der Waals surface area contributed by atoms with Crippen molar-refractivity contribution in [1.29, 1.82) is 0 Å². The van der Waals surface area contributed by atoms with Crippen LogP contribution >= 0.6 is 0 Å². The molecule has 1 rings (SSSR count). The summed E-state index contributed by atoms with van der Waals surface area (Å²) in [7, 11) is 2.05. The van der Waals surface area contributed by atoms with E-state index in [1.807, 2.05) is 26.1 Å². The second-order valence-corrected chi connectivity index (χ2v) is 3.99. The zero-order valence-electron chi connectivity index (χ0n) is 10.3. The summed E-state index contributed by atoms with van der Waals surface area (Å²) in [5, 5.41) is 3.32. The Balaban J connectivity index is 2.80. The fraction of sp³-hybridized carbons (Fsp3) is 0.538. The van der Waals surface area contributed by atoms with Crippen LogP contribution in [0, 0.1) is 5.82 Å². The molecule has 1 unspecified atom stereocenters. The standard InChI is InChI=1S/C13H21FN2/c1-4-15-13(10-16(3)5-2)11-8-6-7-9-12(11)14/h6-9,13,15H,4-5,10H2,1-3H3. The number of hydrogen-bond acceptors (Lipinski definition) is 2. The van der Waals surface area contributed by atoms with E-state index in [0.29, 0.717) is 0 Å². The Bertz CT molecular complexity index is 315. The number of benzene rings is 1. The summed E-state index contributed by atoms with van der Waals surface area (Å²) in [5.74, 6) is -0.127. The Morgan fingerprint density at radius 1 is 1.31 bits per heavy atom. The second-order valence-electron chi connectivity index (χ2n) is 3.99. The molecule has 0 heterocycles. The van der Waals surface area contributed by atoms with E-state index in [2.05, 4.69) is 17.1 Å². The highest BCUT2D eigenvalue weighted by Crippen LogP contribution is 2.17. The number of rotatable bonds is 6. The summed E-state index contributed by atoms with van der Waals surface area (Å²) < 4.78 is 13.7. The van der Waals surface area contributed by atoms with Gasteiger partial charge in [0.25, 0.3) is 0 Å². The van der Waals surface area contributed by atoms with Crippen molar-refractivity contribution in [2.24, 2.45) is 0 Å². The normalized spacial score (nSPS) is 13.1. The number of halogens is 1. The lowest BCUT2D eigenvalue weighted by Crippen LogP contribution is -2.33. The monoisotopic (exact) mass is 224 g/mol. The fourth-order valence-electron chi connectivity index (χ4n) is 1.72. The lowest BCUT2D eigenvalue weighted by atomic mass is 10.1. The molecule has 0 spiro atoms. The molecular weight excluding hydrogens is 203 g/mol. The molecule has 0 amide bonds. The topological polar surface area (TPSA) is 15.3 Å². The van der Waals surface area contributed by atoms with Crippen LogP contribution in [-0.2, 0) is 0 Å². The van der Waals surface area contributed by atoms with Gasteiger partial charge in [-0.1, -0.05) is 32.0 Å². The van der Waals surface area contributed by atoms with Gasteiger partial charge >= 0.3 is 0 Å². The summed E-state index contributed by atoms with van der Waals surface area (Å²) in [6.07, 6.45) is 0. The molecule has 3 heteroatoms. The van der Waals surface area contributed by atoms with Crippen molar-refractivity contribution in [3.8, 4) is 0 Å². The smallest absolute Gasteiger partial charge is 0.128 e. The van der Waals surface area contributed by atoms with Crippen molar-refractivity contribution in [2.45, 2.75) is 19.9 Å². The Kier molecular flexibility index (Phi) is 5.43. The first kappa shape index (κ1) is 13.1. The van der Waals surface area contributed by atoms with E-state index in [4.69, 9.17) is 0 Å². The molecule has 90 valence electrons. The molecule has 16 heavy (non-hydrogen) atoms. The minimum Gasteiger partial charge on any atom is -0.309 e. The summed E-state index contributed by atoms with van der Waals surface area (Å²) in [6, 6.07) is 7.05. The lowest BCUT2D eigenvalue weighted by molar-refractivity contribution is 0.302. The quantitative estimate of drug-likeness (QED) is 0.798. The minimum absolute atomic E-state index is 0.0659. The van der Waals surface area contributed by atoms with Crippen molar-refractivity contribution in [1.82, 2.24) is 10.2 Å². The van der Waals surface area contributed by atoms with Gasteiger partial charge in [-0.2, -0.15) is 0 Å². The molecule has 1 aromatic carbocycles. The molecule has 0 fully saturated rings. The van der Waals surface area contributed by atoms with Gasteiger partial charge in [0.1, 0.15) is 5.82 Å². The Morgan fingerprint density at radius 2 is 2.00 bits per heavy atom. The van der Waals surface area contributed by atoms with E-state index in [-0.39, 0.29) is 11.9 Å². The molecule has 0 radical (unpaired) electrons. The third-order valence-corrected chi connectivity index (χ3v) is 2.77. The number of hydrogen-bond donors (Lipinski definition) is 1. The molecule has 0 aliphatic rings. The van der Waals surface area contributed by atoms with Gasteiger partial charge in [0.2, 0.25) is 0 Å². The predicted molar refractivity (Wildman–Crippen MR) is 66.0 cm³/mol. The Hall–Kier alpha value is -0.930. The SMILES string of the molecule is CCNC(CN(C)CC)c1ccccc1F. The van der Waals surface area contributed by atoms with Crippen molar-refractivity contribution < 1.29 is 4.39 Å². The third-order valence-electron chi connectivity index (χ3n) is 2.77. The van der Waals surface area contributed by atoms with Gasteiger partial charge in [-0.05, 0) is 26.2 Å². The van der Waals surface area contributed by atoms with Crippen molar-refractivity contribution in [2.75, 3.05) is 26.7 Å². The molecule has 1 N–H and O–H groups in total. The van der Waals surface area contributed by atoms with Gasteiger partial charge in [-0.15, -0.1) is 0 Å². The zero-order valence-corrected chi connectivity index (χ0v) is 10.3. The predicted octanol–water partition coefficient (Wildman–Crippen LogP) is 2.43. The van der Waals surface area contributed by atoms with Crippen LogP contribution in [0.3, 0.4) is 0 Å². The summed E-state index contributed by atoms with van der Waals surface area (Å²) in [4.78, 5) is 2.18. The third kappa shape index (κ3) is 3.58. The molecule has 0 saturated carbocycles. The van der Waals surface area contributed by atoms with Crippen LogP contribution in [0.25, 0.3) is 0 Å². The van der Waals surface area contributed by atoms with Crippen LogP contribution in [0.5, 0.6) is 0 Å². The first-order valence-corrected chi connectivity index (χ1v) is 5.85. The molecule has 1 atom stereocenters. The number of nitrogens with one attached hydrogen (secondary N) is 1. The van der Waals surface area contributed by atoms with Crippen molar-refractivity contribution in [3.05, 3.63) is 35.6 Å². The molecule has 0 saturated heterocycles. The number of nitrogens with zero attached hydrogens (tertiary/aromatic N) is 1. The van der Waals surface area contributed by atoms with Crippen LogP contribution in [0.2, 0.25) is 0 Å². The largest absolute Gasteiger partial charge is 0.309 e. The van der Waals surface area contributed by atoms with Crippen molar-refractivity contribution in [3.63, 3.8) is 0 Å². The van der Waals surface area contributed by atoms with Gasteiger partial charge in [0.05, 0.1) is 0 Å². The van der Waals surface area contributed by atoms with E-state index in [1.54, 1.807) is 6.07 Å². The average Bonchev–Trinajstić information content (AvgIpc) is 2.29. The lowest BCUT2D eigenvalue weighted by Gasteiger charge is -2.24. The molecule has 0 aliphatic heterocycles. The van der Waals surface area contributed by atoms with Gasteiger partial charge in [0, 0.05) is 18.2 Å². The summed E-state index contributed by atoms with van der Waals surface area (Å²) >= 11 is 0. The van der Waals surface area contributed by atoms with Crippen LogP contribution < -0.4 is 5.32 Å². The van der Waals surface area contributed by atoms with Gasteiger partial charge < -0.3 is 10.2 Å². The van der Waals surface area contributed by atoms with E-state index in [1.165, 1.54) is 6.07 Å². The summed E-state index contributed by atoms with van der Waals surface area (Å²) in [5.41, 5.74) is 0.754. The van der Waals surface area contributed by atoms with Gasteiger partial charge in [0.15, 0.2) is 0 Å². The van der Waals surface area contributed by atoms with Gasteiger partial charge in [-0.25, -0.2) is 4.39 Å². The van der Waals surface area contributed by atoms with Crippen LogP contribution in [0.15, 0.2) is 24.3 Å². The first-order chi connectivity index (χ1) is 7.69. The highest BCUT2D eigenvalue weighted by atomic mass is 19.1. The molecule has 0 bridgehead atoms. The Morgan fingerprint density at radius 3 is 2.56 bits per heavy atom. The maximum Gasteiger partial charge on any atom is 0.128 e. The average molecular weight is 224 g/mol. The molecule has 2 nitrogen and oxygen atoms in total. The first-order valence-electron chi connectivity index (χ1n) is 5.85.